The standard InChI is InChI=1S/C6H13NO2/c8-4-6-5-9-3-1-2-7-6/h6-8H,1-5H2/t6-/m1/s1. The Morgan fingerprint density at radius 1 is 1.67 bits per heavy atom. The topological polar surface area (TPSA) is 41.5 Å². The van der Waals surface area contributed by atoms with E-state index in [-0.39, 0.29) is 12.6 Å². The fraction of sp³-hybridized carbons (Fsp3) is 1.00. The summed E-state index contributed by atoms with van der Waals surface area (Å²) >= 11 is 0. The van der Waals surface area contributed by atoms with Gasteiger partial charge in [-0.1, -0.05) is 0 Å². The van der Waals surface area contributed by atoms with Crippen LogP contribution >= 0.6 is 0 Å². The van der Waals surface area contributed by atoms with Crippen LogP contribution in [0.3, 0.4) is 0 Å². The molecule has 9 heavy (non-hydrogen) atoms. The average Bonchev–Trinajstić information content (AvgIpc) is 2.13. The highest BCUT2D eigenvalue weighted by Gasteiger charge is 2.08. The lowest BCUT2D eigenvalue weighted by atomic mass is 10.3. The van der Waals surface area contributed by atoms with E-state index in [4.69, 9.17) is 9.84 Å². The van der Waals surface area contributed by atoms with Gasteiger partial charge in [0.1, 0.15) is 0 Å². The molecule has 0 aromatic rings. The molecule has 1 fully saturated rings. The third kappa shape index (κ3) is 2.30. The van der Waals surface area contributed by atoms with Gasteiger partial charge in [-0.2, -0.15) is 0 Å². The number of nitrogens with one attached hydrogen (secondary N) is 1. The van der Waals surface area contributed by atoms with Crippen LogP contribution in [-0.4, -0.2) is 37.5 Å². The van der Waals surface area contributed by atoms with Gasteiger partial charge < -0.3 is 15.2 Å². The Balaban J connectivity index is 2.18. The number of ether oxygens (including phenoxy) is 1. The van der Waals surface area contributed by atoms with Crippen molar-refractivity contribution in [3.8, 4) is 0 Å². The van der Waals surface area contributed by atoms with Crippen molar-refractivity contribution in [2.24, 2.45) is 0 Å². The predicted octanol–water partition coefficient (Wildman–Crippen LogP) is -0.643. The van der Waals surface area contributed by atoms with E-state index in [9.17, 15) is 0 Å². The molecule has 0 saturated carbocycles. The molecule has 2 N–H and O–H groups in total. The van der Waals surface area contributed by atoms with Crippen molar-refractivity contribution in [1.82, 2.24) is 5.32 Å². The van der Waals surface area contributed by atoms with Crippen LogP contribution in [0.5, 0.6) is 0 Å². The fourth-order valence-electron chi connectivity index (χ4n) is 0.882. The largest absolute Gasteiger partial charge is 0.395 e. The fourth-order valence-corrected chi connectivity index (χ4v) is 0.882. The van der Waals surface area contributed by atoms with Crippen molar-refractivity contribution in [3.63, 3.8) is 0 Å². The van der Waals surface area contributed by atoms with Crippen LogP contribution in [0.15, 0.2) is 0 Å². The van der Waals surface area contributed by atoms with Gasteiger partial charge in [0.05, 0.1) is 19.3 Å². The SMILES string of the molecule is OC[C@@H]1COCCCN1. The number of aliphatic hydroxyl groups excluding tert-OH is 1. The van der Waals surface area contributed by atoms with Gasteiger partial charge >= 0.3 is 0 Å². The Morgan fingerprint density at radius 3 is 3.33 bits per heavy atom. The summed E-state index contributed by atoms with van der Waals surface area (Å²) in [5.74, 6) is 0. The first-order valence-corrected chi connectivity index (χ1v) is 3.35. The van der Waals surface area contributed by atoms with E-state index < -0.39 is 0 Å². The van der Waals surface area contributed by atoms with Crippen molar-refractivity contribution in [2.45, 2.75) is 12.5 Å². The van der Waals surface area contributed by atoms with Gasteiger partial charge in [0.15, 0.2) is 0 Å². The van der Waals surface area contributed by atoms with Crippen molar-refractivity contribution in [3.05, 3.63) is 0 Å². The second-order valence-electron chi connectivity index (χ2n) is 2.26. The first kappa shape index (κ1) is 6.99. The van der Waals surface area contributed by atoms with Crippen LogP contribution in [0.25, 0.3) is 0 Å². The minimum Gasteiger partial charge on any atom is -0.395 e. The summed E-state index contributed by atoms with van der Waals surface area (Å²) in [6, 6.07) is 0.160. The van der Waals surface area contributed by atoms with Gasteiger partial charge in [-0.15, -0.1) is 0 Å². The van der Waals surface area contributed by atoms with E-state index >= 15 is 0 Å². The van der Waals surface area contributed by atoms with E-state index in [0.29, 0.717) is 6.61 Å². The third-order valence-electron chi connectivity index (χ3n) is 1.44. The summed E-state index contributed by atoms with van der Waals surface area (Å²) in [5, 5.41) is 11.8. The van der Waals surface area contributed by atoms with Crippen LogP contribution in [0.2, 0.25) is 0 Å². The maximum absolute atomic E-state index is 8.67. The first-order chi connectivity index (χ1) is 4.43. The number of rotatable bonds is 1. The Bertz CT molecular complexity index is 69.5. The Hall–Kier alpha value is -0.120. The van der Waals surface area contributed by atoms with E-state index in [1.54, 1.807) is 0 Å². The number of aliphatic hydroxyl groups is 1. The lowest BCUT2D eigenvalue weighted by molar-refractivity contribution is 0.109. The summed E-state index contributed by atoms with van der Waals surface area (Å²) in [6.07, 6.45) is 1.05. The lowest BCUT2D eigenvalue weighted by Crippen LogP contribution is -2.34. The molecule has 0 aromatic carbocycles. The monoisotopic (exact) mass is 131 g/mol. The molecule has 0 aromatic heterocycles. The molecule has 0 spiro atoms. The Kier molecular flexibility index (Phi) is 2.97. The highest BCUT2D eigenvalue weighted by molar-refractivity contribution is 4.66. The maximum Gasteiger partial charge on any atom is 0.0642 e. The lowest BCUT2D eigenvalue weighted by Gasteiger charge is -2.09. The van der Waals surface area contributed by atoms with Crippen molar-refractivity contribution < 1.29 is 9.84 Å². The Labute approximate surface area is 55.0 Å². The van der Waals surface area contributed by atoms with E-state index in [1.165, 1.54) is 0 Å². The summed E-state index contributed by atoms with van der Waals surface area (Å²) in [7, 11) is 0. The maximum atomic E-state index is 8.67. The van der Waals surface area contributed by atoms with Crippen LogP contribution in [0, 0.1) is 0 Å². The van der Waals surface area contributed by atoms with Gasteiger partial charge in [0, 0.05) is 6.61 Å². The highest BCUT2D eigenvalue weighted by atomic mass is 16.5. The van der Waals surface area contributed by atoms with Crippen LogP contribution in [-0.2, 0) is 4.74 Å². The molecule has 54 valence electrons. The smallest absolute Gasteiger partial charge is 0.0642 e. The van der Waals surface area contributed by atoms with E-state index in [0.717, 1.165) is 19.6 Å². The van der Waals surface area contributed by atoms with Gasteiger partial charge in [-0.05, 0) is 13.0 Å². The summed E-state index contributed by atoms with van der Waals surface area (Å²) in [5.41, 5.74) is 0. The first-order valence-electron chi connectivity index (χ1n) is 3.35. The quantitative estimate of drug-likeness (QED) is 0.497. The Morgan fingerprint density at radius 2 is 2.56 bits per heavy atom. The molecule has 0 unspecified atom stereocenters. The number of hydrogen-bond donors (Lipinski definition) is 2. The molecule has 3 heteroatoms. The molecule has 1 heterocycles. The van der Waals surface area contributed by atoms with E-state index in [1.807, 2.05) is 0 Å². The molecule has 0 radical (unpaired) electrons. The minimum absolute atomic E-state index is 0.160. The zero-order valence-electron chi connectivity index (χ0n) is 5.47. The van der Waals surface area contributed by atoms with Gasteiger partial charge in [-0.3, -0.25) is 0 Å². The van der Waals surface area contributed by atoms with Crippen molar-refractivity contribution >= 4 is 0 Å². The minimum atomic E-state index is 0.160. The summed E-state index contributed by atoms with van der Waals surface area (Å²) < 4.78 is 5.18. The van der Waals surface area contributed by atoms with Crippen LogP contribution in [0.4, 0.5) is 0 Å². The average molecular weight is 131 g/mol. The van der Waals surface area contributed by atoms with E-state index in [2.05, 4.69) is 5.32 Å². The second-order valence-corrected chi connectivity index (χ2v) is 2.26. The summed E-state index contributed by atoms with van der Waals surface area (Å²) in [4.78, 5) is 0. The van der Waals surface area contributed by atoms with Gasteiger partial charge in [-0.25, -0.2) is 0 Å². The van der Waals surface area contributed by atoms with Crippen molar-refractivity contribution in [1.29, 1.82) is 0 Å². The molecule has 1 atom stereocenters. The molecule has 1 aliphatic rings. The zero-order chi connectivity index (χ0) is 6.53. The predicted molar refractivity (Wildman–Crippen MR) is 34.3 cm³/mol. The van der Waals surface area contributed by atoms with Crippen molar-refractivity contribution in [2.75, 3.05) is 26.4 Å². The molecular weight excluding hydrogens is 118 g/mol. The molecule has 3 nitrogen and oxygen atoms in total. The van der Waals surface area contributed by atoms with Crippen LogP contribution < -0.4 is 5.32 Å². The van der Waals surface area contributed by atoms with Crippen LogP contribution in [0.1, 0.15) is 6.42 Å². The highest BCUT2D eigenvalue weighted by Crippen LogP contribution is 1.92. The summed E-state index contributed by atoms with van der Waals surface area (Å²) in [6.45, 7) is 2.62. The normalized spacial score (nSPS) is 29.7. The van der Waals surface area contributed by atoms with Gasteiger partial charge in [0.25, 0.3) is 0 Å². The second kappa shape index (κ2) is 3.82. The molecule has 1 aliphatic heterocycles. The third-order valence-corrected chi connectivity index (χ3v) is 1.44. The zero-order valence-corrected chi connectivity index (χ0v) is 5.47. The number of hydrogen-bond acceptors (Lipinski definition) is 3. The molecule has 1 saturated heterocycles. The molecular formula is C6H13NO2. The molecule has 0 amide bonds. The molecule has 0 aliphatic carbocycles. The molecule has 0 bridgehead atoms. The van der Waals surface area contributed by atoms with Gasteiger partial charge in [0.2, 0.25) is 0 Å². The molecule has 1 rings (SSSR count).